The minimum absolute atomic E-state index is 0.0160. The summed E-state index contributed by atoms with van der Waals surface area (Å²) in [5.41, 5.74) is 2.16. The van der Waals surface area contributed by atoms with E-state index in [2.05, 4.69) is 5.16 Å². The molecular weight excluding hydrogens is 322 g/mol. The SMILES string of the molecule is COc1ccc(C(C)=O)cc1CO/N=C/c1ccc(OC)c(OC)c1. The number of methoxy groups -OCH3 is 3. The van der Waals surface area contributed by atoms with Crippen molar-refractivity contribution in [1.82, 2.24) is 0 Å². The number of Topliss-reactive ketones (excluding diaryl/α,β-unsaturated/α-hetero) is 1. The van der Waals surface area contributed by atoms with Gasteiger partial charge in [-0.05, 0) is 43.3 Å². The Bertz CT molecular complexity index is 770. The number of nitrogens with zero attached hydrogens (tertiary/aromatic N) is 1. The molecule has 0 N–H and O–H groups in total. The van der Waals surface area contributed by atoms with Gasteiger partial charge in [0, 0.05) is 16.7 Å². The summed E-state index contributed by atoms with van der Waals surface area (Å²) in [5, 5.41) is 3.96. The molecule has 0 saturated carbocycles. The van der Waals surface area contributed by atoms with Gasteiger partial charge < -0.3 is 19.0 Å². The summed E-state index contributed by atoms with van der Waals surface area (Å²) in [6, 6.07) is 10.6. The Morgan fingerprint density at radius 3 is 2.28 bits per heavy atom. The lowest BCUT2D eigenvalue weighted by Gasteiger charge is -2.09. The van der Waals surface area contributed by atoms with Gasteiger partial charge >= 0.3 is 0 Å². The zero-order valence-corrected chi connectivity index (χ0v) is 14.7. The number of carbonyl (C=O) groups is 1. The average molecular weight is 343 g/mol. The third-order valence-electron chi connectivity index (χ3n) is 3.59. The summed E-state index contributed by atoms with van der Waals surface area (Å²) >= 11 is 0. The number of carbonyl (C=O) groups excluding carboxylic acids is 1. The highest BCUT2D eigenvalue weighted by molar-refractivity contribution is 5.94. The molecule has 6 nitrogen and oxygen atoms in total. The third-order valence-corrected chi connectivity index (χ3v) is 3.59. The zero-order chi connectivity index (χ0) is 18.2. The fourth-order valence-electron chi connectivity index (χ4n) is 2.25. The second kappa shape index (κ2) is 8.73. The Balaban J connectivity index is 2.06. The Hall–Kier alpha value is -3.02. The third kappa shape index (κ3) is 4.73. The summed E-state index contributed by atoms with van der Waals surface area (Å²) < 4.78 is 15.7. The quantitative estimate of drug-likeness (QED) is 0.417. The summed E-state index contributed by atoms with van der Waals surface area (Å²) in [5.74, 6) is 1.89. The van der Waals surface area contributed by atoms with Crippen LogP contribution in [-0.2, 0) is 11.4 Å². The first-order valence-electron chi connectivity index (χ1n) is 7.64. The Labute approximate surface area is 147 Å². The molecular formula is C19H21NO5. The molecule has 0 aromatic heterocycles. The van der Waals surface area contributed by atoms with Crippen molar-refractivity contribution in [2.24, 2.45) is 5.16 Å². The lowest BCUT2D eigenvalue weighted by molar-refractivity contribution is 0.101. The second-order valence-electron chi connectivity index (χ2n) is 5.21. The van der Waals surface area contributed by atoms with Gasteiger partial charge in [0.05, 0.1) is 27.5 Å². The summed E-state index contributed by atoms with van der Waals surface area (Å²) in [6.45, 7) is 1.70. The van der Waals surface area contributed by atoms with Gasteiger partial charge in [-0.15, -0.1) is 0 Å². The van der Waals surface area contributed by atoms with E-state index in [0.717, 1.165) is 11.1 Å². The number of oxime groups is 1. The number of hydrogen-bond donors (Lipinski definition) is 0. The minimum Gasteiger partial charge on any atom is -0.496 e. The molecule has 0 unspecified atom stereocenters. The molecule has 0 amide bonds. The van der Waals surface area contributed by atoms with Crippen molar-refractivity contribution in [3.8, 4) is 17.2 Å². The molecule has 0 saturated heterocycles. The number of ether oxygens (including phenoxy) is 3. The molecule has 2 aromatic carbocycles. The lowest BCUT2D eigenvalue weighted by atomic mass is 10.1. The first-order chi connectivity index (χ1) is 12.1. The predicted molar refractivity (Wildman–Crippen MR) is 94.9 cm³/mol. The summed E-state index contributed by atoms with van der Waals surface area (Å²) in [4.78, 5) is 16.8. The van der Waals surface area contributed by atoms with Crippen molar-refractivity contribution in [2.75, 3.05) is 21.3 Å². The maximum Gasteiger partial charge on any atom is 0.161 e. The maximum atomic E-state index is 11.5. The van der Waals surface area contributed by atoms with E-state index in [-0.39, 0.29) is 12.4 Å². The van der Waals surface area contributed by atoms with Gasteiger partial charge in [-0.3, -0.25) is 4.79 Å². The van der Waals surface area contributed by atoms with Gasteiger partial charge in [0.1, 0.15) is 12.4 Å². The van der Waals surface area contributed by atoms with E-state index >= 15 is 0 Å². The Morgan fingerprint density at radius 1 is 0.960 bits per heavy atom. The fraction of sp³-hybridized carbons (Fsp3) is 0.263. The lowest BCUT2D eigenvalue weighted by Crippen LogP contribution is -1.99. The molecule has 0 aliphatic heterocycles. The van der Waals surface area contributed by atoms with Gasteiger partial charge in [-0.2, -0.15) is 0 Å². The largest absolute Gasteiger partial charge is 0.496 e. The van der Waals surface area contributed by atoms with Crippen molar-refractivity contribution in [3.63, 3.8) is 0 Å². The molecule has 2 rings (SSSR count). The molecule has 0 radical (unpaired) electrons. The summed E-state index contributed by atoms with van der Waals surface area (Å²) in [6.07, 6.45) is 1.57. The van der Waals surface area contributed by atoms with Crippen molar-refractivity contribution in [1.29, 1.82) is 0 Å². The molecule has 0 spiro atoms. The number of rotatable bonds is 8. The highest BCUT2D eigenvalue weighted by atomic mass is 16.6. The van der Waals surface area contributed by atoms with Crippen molar-refractivity contribution in [2.45, 2.75) is 13.5 Å². The normalized spacial score (nSPS) is 10.6. The van der Waals surface area contributed by atoms with Crippen LogP contribution in [0.3, 0.4) is 0 Å². The van der Waals surface area contributed by atoms with E-state index in [4.69, 9.17) is 19.0 Å². The van der Waals surface area contributed by atoms with E-state index in [1.807, 2.05) is 6.07 Å². The van der Waals surface area contributed by atoms with E-state index in [1.54, 1.807) is 57.9 Å². The van der Waals surface area contributed by atoms with Crippen molar-refractivity contribution in [3.05, 3.63) is 53.1 Å². The molecule has 6 heteroatoms. The topological polar surface area (TPSA) is 66.4 Å². The van der Waals surface area contributed by atoms with Crippen LogP contribution in [0.2, 0.25) is 0 Å². The zero-order valence-electron chi connectivity index (χ0n) is 14.7. The Morgan fingerprint density at radius 2 is 1.64 bits per heavy atom. The van der Waals surface area contributed by atoms with Crippen LogP contribution in [0.1, 0.15) is 28.4 Å². The molecule has 0 aliphatic carbocycles. The average Bonchev–Trinajstić information content (AvgIpc) is 2.64. The fourth-order valence-corrected chi connectivity index (χ4v) is 2.25. The van der Waals surface area contributed by atoms with Gasteiger partial charge in [-0.25, -0.2) is 0 Å². The van der Waals surface area contributed by atoms with Crippen LogP contribution in [0.15, 0.2) is 41.6 Å². The van der Waals surface area contributed by atoms with E-state index in [9.17, 15) is 4.79 Å². The standard InChI is InChI=1S/C19H21NO5/c1-13(21)15-6-8-17(22-2)16(10-15)12-25-20-11-14-5-7-18(23-3)19(9-14)24-4/h5-11H,12H2,1-4H3/b20-11+. The van der Waals surface area contributed by atoms with Crippen LogP contribution in [0.25, 0.3) is 0 Å². The minimum atomic E-state index is -0.0160. The van der Waals surface area contributed by atoms with Gasteiger partial charge in [0.15, 0.2) is 17.3 Å². The van der Waals surface area contributed by atoms with Gasteiger partial charge in [0.25, 0.3) is 0 Å². The highest BCUT2D eigenvalue weighted by Crippen LogP contribution is 2.27. The monoisotopic (exact) mass is 343 g/mol. The molecule has 0 aliphatic rings. The predicted octanol–water partition coefficient (Wildman–Crippen LogP) is 3.47. The van der Waals surface area contributed by atoms with E-state index < -0.39 is 0 Å². The van der Waals surface area contributed by atoms with Crippen LogP contribution in [0.4, 0.5) is 0 Å². The van der Waals surface area contributed by atoms with Crippen LogP contribution >= 0.6 is 0 Å². The molecule has 0 heterocycles. The maximum absolute atomic E-state index is 11.5. The molecule has 0 atom stereocenters. The van der Waals surface area contributed by atoms with E-state index in [0.29, 0.717) is 22.8 Å². The van der Waals surface area contributed by atoms with Gasteiger partial charge in [0.2, 0.25) is 0 Å². The van der Waals surface area contributed by atoms with Gasteiger partial charge in [-0.1, -0.05) is 5.16 Å². The Kier molecular flexibility index (Phi) is 6.39. The number of ketones is 1. The van der Waals surface area contributed by atoms with Crippen molar-refractivity contribution >= 4 is 12.0 Å². The molecule has 2 aromatic rings. The van der Waals surface area contributed by atoms with E-state index in [1.165, 1.54) is 6.92 Å². The molecule has 0 bridgehead atoms. The smallest absolute Gasteiger partial charge is 0.161 e. The van der Waals surface area contributed by atoms with Crippen LogP contribution in [0, 0.1) is 0 Å². The first-order valence-corrected chi connectivity index (χ1v) is 7.64. The molecule has 0 fully saturated rings. The van der Waals surface area contributed by atoms with Crippen LogP contribution in [-0.4, -0.2) is 33.3 Å². The van der Waals surface area contributed by atoms with Crippen LogP contribution in [0.5, 0.6) is 17.2 Å². The molecule has 25 heavy (non-hydrogen) atoms. The first kappa shape index (κ1) is 18.3. The summed E-state index contributed by atoms with van der Waals surface area (Å²) in [7, 11) is 4.72. The highest BCUT2D eigenvalue weighted by Gasteiger charge is 2.08. The van der Waals surface area contributed by atoms with Crippen molar-refractivity contribution < 1.29 is 23.8 Å². The number of benzene rings is 2. The van der Waals surface area contributed by atoms with Crippen LogP contribution < -0.4 is 14.2 Å². The number of hydrogen-bond acceptors (Lipinski definition) is 6. The second-order valence-corrected chi connectivity index (χ2v) is 5.21. The molecule has 132 valence electrons.